The average Bonchev–Trinajstić information content (AvgIpc) is 3.28. The number of aliphatic hydroxyl groups excluding tert-OH is 1. The van der Waals surface area contributed by atoms with Crippen molar-refractivity contribution < 1.29 is 57.9 Å². The van der Waals surface area contributed by atoms with Crippen molar-refractivity contribution in [1.29, 1.82) is 0 Å². The van der Waals surface area contributed by atoms with E-state index in [9.17, 15) is 39.0 Å². The molecule has 2 unspecified atom stereocenters. The number of rotatable bonds is 6. The number of carbonyl (C=O) groups excluding carboxylic acids is 6. The van der Waals surface area contributed by atoms with Crippen LogP contribution in [0.25, 0.3) is 0 Å². The Morgan fingerprint density at radius 2 is 1.28 bits per heavy atom. The van der Waals surface area contributed by atoms with Gasteiger partial charge in [-0.05, 0) is 45.0 Å². The number of hydrogen-bond donors (Lipinski definition) is 2. The van der Waals surface area contributed by atoms with Gasteiger partial charge in [0.2, 0.25) is 0 Å². The van der Waals surface area contributed by atoms with Crippen LogP contribution in [0.4, 0.5) is 0 Å². The Bertz CT molecular complexity index is 1690. The molecule has 0 aromatic heterocycles. The van der Waals surface area contributed by atoms with Crippen molar-refractivity contribution in [2.75, 3.05) is 0 Å². The van der Waals surface area contributed by atoms with Crippen molar-refractivity contribution in [3.8, 4) is 0 Å². The zero-order valence-corrected chi connectivity index (χ0v) is 28.8. The van der Waals surface area contributed by atoms with Crippen molar-refractivity contribution in [3.05, 3.63) is 96.1 Å². The van der Waals surface area contributed by atoms with Gasteiger partial charge in [0.15, 0.2) is 29.4 Å². The van der Waals surface area contributed by atoms with E-state index in [1.54, 1.807) is 36.4 Å². The number of ketones is 2. The van der Waals surface area contributed by atoms with Gasteiger partial charge >= 0.3 is 23.9 Å². The van der Waals surface area contributed by atoms with Crippen LogP contribution in [0.5, 0.6) is 0 Å². The van der Waals surface area contributed by atoms with E-state index in [2.05, 4.69) is 6.58 Å². The molecule has 0 spiro atoms. The summed E-state index contributed by atoms with van der Waals surface area (Å²) in [6.07, 6.45) is -5.51. The Morgan fingerprint density at radius 3 is 1.76 bits per heavy atom. The van der Waals surface area contributed by atoms with Gasteiger partial charge < -0.3 is 29.2 Å². The van der Waals surface area contributed by atoms with Crippen LogP contribution in [0, 0.1) is 17.3 Å². The highest BCUT2D eigenvalue weighted by Gasteiger charge is 2.70. The molecule has 2 aromatic carbocycles. The standard InChI is InChI=1S/C38H42O12/c1-21-18-19-36(5,6)32(43)28(41)30(49-35(45)26-16-12-9-13-17-26)22(2)29(48-34(44)25-14-10-8-11-15-25)27-33(47-23(3)39)37(7,46)20-38(27,31(21)42)50-24(4)40/h8-19,21,27-30,33,41,46H,2,20H2,1,3-7H3/b19-18+/t21-,27?,28+,29?,30-,33+,37+,38+/m0/s1. The Labute approximate surface area is 290 Å². The number of allylic oxidation sites excluding steroid dienone is 2. The van der Waals surface area contributed by atoms with E-state index in [-0.39, 0.29) is 11.1 Å². The van der Waals surface area contributed by atoms with Gasteiger partial charge in [-0.15, -0.1) is 0 Å². The average molecular weight is 691 g/mol. The first-order chi connectivity index (χ1) is 23.3. The zero-order chi connectivity index (χ0) is 37.2. The molecule has 266 valence electrons. The lowest BCUT2D eigenvalue weighted by molar-refractivity contribution is -0.182. The summed E-state index contributed by atoms with van der Waals surface area (Å²) in [7, 11) is 0. The molecular weight excluding hydrogens is 648 g/mol. The van der Waals surface area contributed by atoms with Gasteiger partial charge in [0, 0.05) is 37.2 Å². The molecule has 12 nitrogen and oxygen atoms in total. The number of carbonyl (C=O) groups is 6. The fraction of sp³-hybridized carbons (Fsp3) is 0.421. The molecule has 2 aliphatic rings. The molecule has 0 heterocycles. The van der Waals surface area contributed by atoms with E-state index in [4.69, 9.17) is 18.9 Å². The van der Waals surface area contributed by atoms with E-state index in [1.807, 2.05) is 0 Å². The highest BCUT2D eigenvalue weighted by Crippen LogP contribution is 2.52. The predicted octanol–water partition coefficient (Wildman–Crippen LogP) is 3.73. The number of hydrogen-bond acceptors (Lipinski definition) is 12. The lowest BCUT2D eigenvalue weighted by Crippen LogP contribution is -2.58. The van der Waals surface area contributed by atoms with Crippen LogP contribution in [0.3, 0.4) is 0 Å². The molecule has 2 N–H and O–H groups in total. The van der Waals surface area contributed by atoms with Gasteiger partial charge in [-0.25, -0.2) is 9.59 Å². The molecule has 12 heteroatoms. The molecule has 0 aliphatic heterocycles. The molecule has 0 radical (unpaired) electrons. The fourth-order valence-corrected chi connectivity index (χ4v) is 6.68. The molecule has 50 heavy (non-hydrogen) atoms. The number of esters is 4. The molecule has 1 saturated carbocycles. The molecule has 0 bridgehead atoms. The Balaban J connectivity index is 2.06. The summed E-state index contributed by atoms with van der Waals surface area (Å²) < 4.78 is 23.3. The fourth-order valence-electron chi connectivity index (χ4n) is 6.68. The summed E-state index contributed by atoms with van der Waals surface area (Å²) in [5.74, 6) is -8.28. The quantitative estimate of drug-likeness (QED) is 0.255. The molecular formula is C38H42O12. The van der Waals surface area contributed by atoms with Gasteiger partial charge in [0.05, 0.1) is 17.0 Å². The van der Waals surface area contributed by atoms with Gasteiger partial charge in [-0.1, -0.05) is 62.1 Å². The number of fused-ring (bicyclic) bond motifs is 1. The monoisotopic (exact) mass is 690 g/mol. The van der Waals surface area contributed by atoms with E-state index < -0.39 is 100 Å². The van der Waals surface area contributed by atoms with E-state index in [0.717, 1.165) is 13.8 Å². The molecule has 0 saturated heterocycles. The zero-order valence-electron chi connectivity index (χ0n) is 28.8. The second-order valence-electron chi connectivity index (χ2n) is 13.6. The normalized spacial score (nSPS) is 31.6. The summed E-state index contributed by atoms with van der Waals surface area (Å²) in [6.45, 7) is 11.8. The number of Topliss-reactive ketones (excluding diaryl/α,β-unsaturated/α-hetero) is 2. The highest BCUT2D eigenvalue weighted by atomic mass is 16.6. The SMILES string of the molecule is C=C1C(OC(=O)c2ccccc2)C2[C@@H](OC(C)=O)[C@](C)(O)C[C@]2(OC(C)=O)C(=O)[C@@H](C)/C=C/C(C)(C)C(=O)[C@H](O)[C@H]1OC(=O)c1ccccc1. The molecule has 2 aromatic rings. The largest absolute Gasteiger partial charge is 0.459 e. The van der Waals surface area contributed by atoms with E-state index >= 15 is 0 Å². The van der Waals surface area contributed by atoms with Crippen molar-refractivity contribution in [2.45, 2.75) is 83.6 Å². The second-order valence-corrected chi connectivity index (χ2v) is 13.6. The van der Waals surface area contributed by atoms with Gasteiger partial charge in [-0.3, -0.25) is 19.2 Å². The summed E-state index contributed by atoms with van der Waals surface area (Å²) >= 11 is 0. The van der Waals surface area contributed by atoms with Crippen LogP contribution in [0.2, 0.25) is 0 Å². The van der Waals surface area contributed by atoms with E-state index in [0.29, 0.717) is 0 Å². The van der Waals surface area contributed by atoms with Crippen LogP contribution < -0.4 is 0 Å². The maximum absolute atomic E-state index is 14.7. The lowest BCUT2D eigenvalue weighted by atomic mass is 9.72. The minimum Gasteiger partial charge on any atom is -0.459 e. The summed E-state index contributed by atoms with van der Waals surface area (Å²) in [6, 6.07) is 15.3. The molecule has 4 rings (SSSR count). The van der Waals surface area contributed by atoms with Crippen LogP contribution in [-0.2, 0) is 38.1 Å². The Kier molecular flexibility index (Phi) is 11.0. The van der Waals surface area contributed by atoms with Crippen LogP contribution in [0.1, 0.15) is 68.7 Å². The molecule has 0 amide bonds. The van der Waals surface area contributed by atoms with Crippen LogP contribution in [0.15, 0.2) is 85.0 Å². The predicted molar refractivity (Wildman–Crippen MR) is 177 cm³/mol. The van der Waals surface area contributed by atoms with E-state index in [1.165, 1.54) is 64.1 Å². The number of aliphatic hydroxyl groups is 2. The summed E-state index contributed by atoms with van der Waals surface area (Å²) in [4.78, 5) is 81.3. The van der Waals surface area contributed by atoms with Crippen molar-refractivity contribution >= 4 is 35.4 Å². The topological polar surface area (TPSA) is 180 Å². The van der Waals surface area contributed by atoms with Crippen LogP contribution in [-0.4, -0.2) is 81.3 Å². The smallest absolute Gasteiger partial charge is 0.338 e. The first kappa shape index (κ1) is 37.9. The summed E-state index contributed by atoms with van der Waals surface area (Å²) in [5.41, 5.74) is -6.25. The highest BCUT2D eigenvalue weighted by molar-refractivity contribution is 5.96. The van der Waals surface area contributed by atoms with Gasteiger partial charge in [0.25, 0.3) is 0 Å². The van der Waals surface area contributed by atoms with Gasteiger partial charge in [0.1, 0.15) is 17.8 Å². The Morgan fingerprint density at radius 1 is 0.780 bits per heavy atom. The van der Waals surface area contributed by atoms with Gasteiger partial charge in [-0.2, -0.15) is 0 Å². The van der Waals surface area contributed by atoms with Crippen molar-refractivity contribution in [3.63, 3.8) is 0 Å². The molecule has 2 aliphatic carbocycles. The third kappa shape index (κ3) is 7.61. The third-order valence-corrected chi connectivity index (χ3v) is 9.08. The maximum Gasteiger partial charge on any atom is 0.338 e. The minimum atomic E-state index is -2.35. The lowest BCUT2D eigenvalue weighted by Gasteiger charge is -2.42. The minimum absolute atomic E-state index is 0.0245. The number of benzene rings is 2. The Hall–Kier alpha value is -4.94. The number of ether oxygens (including phenoxy) is 4. The summed E-state index contributed by atoms with van der Waals surface area (Å²) in [5, 5.41) is 23.6. The maximum atomic E-state index is 14.7. The molecule has 8 atom stereocenters. The van der Waals surface area contributed by atoms with Crippen LogP contribution >= 0.6 is 0 Å². The first-order valence-corrected chi connectivity index (χ1v) is 16.1. The third-order valence-electron chi connectivity index (χ3n) is 9.08. The molecule has 1 fully saturated rings. The first-order valence-electron chi connectivity index (χ1n) is 16.1. The second kappa shape index (κ2) is 14.5. The van der Waals surface area contributed by atoms with Crippen molar-refractivity contribution in [2.24, 2.45) is 17.3 Å². The van der Waals surface area contributed by atoms with Crippen molar-refractivity contribution in [1.82, 2.24) is 0 Å².